The van der Waals surface area contributed by atoms with E-state index >= 15 is 0 Å². The van der Waals surface area contributed by atoms with Crippen LogP contribution in [0.1, 0.15) is 17.2 Å². The summed E-state index contributed by atoms with van der Waals surface area (Å²) in [5.74, 6) is -1.41. The molecule has 10 heteroatoms. The Labute approximate surface area is 189 Å². The molecule has 4 amide bonds. The van der Waals surface area contributed by atoms with Crippen LogP contribution in [-0.4, -0.2) is 31.6 Å². The number of carbonyl (C=O) groups is 3. The van der Waals surface area contributed by atoms with Crippen molar-refractivity contribution in [3.8, 4) is 11.5 Å². The number of urea groups is 1. The lowest BCUT2D eigenvalue weighted by atomic mass is 9.88. The summed E-state index contributed by atoms with van der Waals surface area (Å²) in [6.07, 6.45) is 0. The van der Waals surface area contributed by atoms with Crippen LogP contribution in [0.4, 0.5) is 4.79 Å². The molecule has 1 heterocycles. The van der Waals surface area contributed by atoms with E-state index in [1.54, 1.807) is 6.07 Å². The minimum absolute atomic E-state index is 0.198. The number of benzene rings is 2. The number of amides is 4. The number of methoxy groups -OCH3 is 1. The molecule has 2 atom stereocenters. The second kappa shape index (κ2) is 10.1. The SMILES string of the molecule is C=C1NC(=O)N[C@H](c2cc(OC)c(OCC(N)=O)cc2Cl)[C@H]1C(=O)NCc1ccccc1. The van der Waals surface area contributed by atoms with Gasteiger partial charge in [0.2, 0.25) is 5.91 Å². The minimum Gasteiger partial charge on any atom is -0.493 e. The van der Waals surface area contributed by atoms with Gasteiger partial charge in [0, 0.05) is 23.3 Å². The maximum Gasteiger partial charge on any atom is 0.319 e. The molecular weight excluding hydrogens is 436 g/mol. The molecule has 0 spiro atoms. The van der Waals surface area contributed by atoms with Crippen LogP contribution in [0, 0.1) is 5.92 Å². The smallest absolute Gasteiger partial charge is 0.319 e. The van der Waals surface area contributed by atoms with Gasteiger partial charge in [0.25, 0.3) is 5.91 Å². The Morgan fingerprint density at radius 1 is 1.22 bits per heavy atom. The molecule has 1 fully saturated rings. The minimum atomic E-state index is -0.851. The summed E-state index contributed by atoms with van der Waals surface area (Å²) in [6.45, 7) is 3.80. The van der Waals surface area contributed by atoms with Crippen molar-refractivity contribution in [2.45, 2.75) is 12.6 Å². The molecule has 1 saturated heterocycles. The first-order valence-corrected chi connectivity index (χ1v) is 10.0. The third-order valence-electron chi connectivity index (χ3n) is 4.85. The van der Waals surface area contributed by atoms with Crippen molar-refractivity contribution in [3.63, 3.8) is 0 Å². The van der Waals surface area contributed by atoms with Crippen LogP contribution >= 0.6 is 11.6 Å². The number of hydrogen-bond donors (Lipinski definition) is 4. The summed E-state index contributed by atoms with van der Waals surface area (Å²) >= 11 is 6.46. The monoisotopic (exact) mass is 458 g/mol. The van der Waals surface area contributed by atoms with E-state index in [-0.39, 0.29) is 34.7 Å². The van der Waals surface area contributed by atoms with Gasteiger partial charge >= 0.3 is 6.03 Å². The molecule has 1 aliphatic heterocycles. The Balaban J connectivity index is 1.89. The summed E-state index contributed by atoms with van der Waals surface area (Å²) in [4.78, 5) is 36.3. The molecule has 3 rings (SSSR count). The topological polar surface area (TPSA) is 132 Å². The third kappa shape index (κ3) is 5.30. The Morgan fingerprint density at radius 3 is 2.59 bits per heavy atom. The molecule has 0 unspecified atom stereocenters. The van der Waals surface area contributed by atoms with Crippen molar-refractivity contribution < 1.29 is 23.9 Å². The van der Waals surface area contributed by atoms with Crippen molar-refractivity contribution in [2.24, 2.45) is 11.7 Å². The fourth-order valence-electron chi connectivity index (χ4n) is 3.36. The van der Waals surface area contributed by atoms with E-state index in [4.69, 9.17) is 26.8 Å². The molecule has 168 valence electrons. The van der Waals surface area contributed by atoms with Crippen molar-refractivity contribution >= 4 is 29.4 Å². The van der Waals surface area contributed by atoms with Gasteiger partial charge in [0.1, 0.15) is 5.92 Å². The van der Waals surface area contributed by atoms with Gasteiger partial charge in [-0.2, -0.15) is 0 Å². The summed E-state index contributed by atoms with van der Waals surface area (Å²) in [6, 6.07) is 11.1. The molecular formula is C22H23ClN4O5. The van der Waals surface area contributed by atoms with Crippen LogP contribution in [0.15, 0.2) is 54.7 Å². The maximum atomic E-state index is 13.1. The van der Waals surface area contributed by atoms with Crippen LogP contribution in [0.3, 0.4) is 0 Å². The number of carbonyl (C=O) groups excluding carboxylic acids is 3. The van der Waals surface area contributed by atoms with Crippen LogP contribution in [-0.2, 0) is 16.1 Å². The Kier molecular flexibility index (Phi) is 7.21. The number of primary amides is 1. The van der Waals surface area contributed by atoms with Gasteiger partial charge in [-0.1, -0.05) is 48.5 Å². The molecule has 9 nitrogen and oxygen atoms in total. The van der Waals surface area contributed by atoms with E-state index in [0.29, 0.717) is 12.1 Å². The van der Waals surface area contributed by atoms with Gasteiger partial charge < -0.3 is 31.2 Å². The Morgan fingerprint density at radius 2 is 1.94 bits per heavy atom. The highest BCUT2D eigenvalue weighted by Gasteiger charge is 2.39. The van der Waals surface area contributed by atoms with E-state index in [1.807, 2.05) is 30.3 Å². The number of halogens is 1. The van der Waals surface area contributed by atoms with E-state index < -0.39 is 23.9 Å². The van der Waals surface area contributed by atoms with Gasteiger partial charge in [-0.05, 0) is 17.2 Å². The zero-order valence-corrected chi connectivity index (χ0v) is 18.1. The summed E-state index contributed by atoms with van der Waals surface area (Å²) in [5.41, 5.74) is 6.70. The second-order valence-corrected chi connectivity index (χ2v) is 7.47. The molecule has 0 bridgehead atoms. The molecule has 0 saturated carbocycles. The number of rotatable bonds is 8. The van der Waals surface area contributed by atoms with Gasteiger partial charge in [0.15, 0.2) is 18.1 Å². The largest absolute Gasteiger partial charge is 0.493 e. The molecule has 2 aromatic rings. The highest BCUT2D eigenvalue weighted by molar-refractivity contribution is 6.31. The molecule has 0 aliphatic carbocycles. The normalized spacial score (nSPS) is 17.7. The molecule has 1 aliphatic rings. The first-order valence-electron chi connectivity index (χ1n) is 9.66. The zero-order chi connectivity index (χ0) is 23.3. The first-order chi connectivity index (χ1) is 15.3. The Bertz CT molecular complexity index is 1040. The summed E-state index contributed by atoms with van der Waals surface area (Å²) < 4.78 is 10.7. The predicted octanol–water partition coefficient (Wildman–Crippen LogP) is 2.01. The third-order valence-corrected chi connectivity index (χ3v) is 5.18. The van der Waals surface area contributed by atoms with Gasteiger partial charge in [0.05, 0.1) is 13.2 Å². The highest BCUT2D eigenvalue weighted by atomic mass is 35.5. The quantitative estimate of drug-likeness (QED) is 0.480. The zero-order valence-electron chi connectivity index (χ0n) is 17.3. The number of hydrogen-bond acceptors (Lipinski definition) is 5. The average molecular weight is 459 g/mol. The van der Waals surface area contributed by atoms with E-state index in [1.165, 1.54) is 13.2 Å². The lowest BCUT2D eigenvalue weighted by Gasteiger charge is -2.34. The van der Waals surface area contributed by atoms with E-state index in [0.717, 1.165) is 5.56 Å². The summed E-state index contributed by atoms with van der Waals surface area (Å²) in [7, 11) is 1.41. The van der Waals surface area contributed by atoms with Crippen LogP contribution in [0.25, 0.3) is 0 Å². The number of nitrogens with two attached hydrogens (primary N) is 1. The van der Waals surface area contributed by atoms with Crippen molar-refractivity contribution in [1.29, 1.82) is 0 Å². The number of ether oxygens (including phenoxy) is 2. The van der Waals surface area contributed by atoms with Gasteiger partial charge in [-0.15, -0.1) is 0 Å². The average Bonchev–Trinajstić information content (AvgIpc) is 2.76. The molecule has 32 heavy (non-hydrogen) atoms. The predicted molar refractivity (Wildman–Crippen MR) is 118 cm³/mol. The molecule has 5 N–H and O–H groups in total. The number of nitrogens with one attached hydrogen (secondary N) is 3. The summed E-state index contributed by atoms with van der Waals surface area (Å²) in [5, 5.41) is 8.34. The maximum absolute atomic E-state index is 13.1. The van der Waals surface area contributed by atoms with Gasteiger partial charge in [-0.3, -0.25) is 9.59 Å². The Hall–Kier alpha value is -3.72. The highest BCUT2D eigenvalue weighted by Crippen LogP contribution is 2.40. The molecule has 2 aromatic carbocycles. The second-order valence-electron chi connectivity index (χ2n) is 7.06. The van der Waals surface area contributed by atoms with Crippen LogP contribution in [0.5, 0.6) is 11.5 Å². The standard InChI is InChI=1S/C22H23ClN4O5/c1-12-19(21(29)25-10-13-6-4-3-5-7-13)20(27-22(30)26-12)14-8-16(31-2)17(9-15(14)23)32-11-18(24)28/h3-9,19-20H,1,10-11H2,2H3,(H2,24,28)(H,25,29)(H2,26,27,30)/t19-,20+/m0/s1. The van der Waals surface area contributed by atoms with Gasteiger partial charge in [-0.25, -0.2) is 4.79 Å². The fraction of sp³-hybridized carbons (Fsp3) is 0.227. The van der Waals surface area contributed by atoms with Crippen LogP contribution in [0.2, 0.25) is 5.02 Å². The fourth-order valence-corrected chi connectivity index (χ4v) is 3.63. The lowest BCUT2D eigenvalue weighted by molar-refractivity contribution is -0.125. The molecule has 0 radical (unpaired) electrons. The van der Waals surface area contributed by atoms with Crippen molar-refractivity contribution in [1.82, 2.24) is 16.0 Å². The molecule has 0 aromatic heterocycles. The van der Waals surface area contributed by atoms with E-state index in [2.05, 4.69) is 22.5 Å². The van der Waals surface area contributed by atoms with Crippen molar-refractivity contribution in [3.05, 3.63) is 70.9 Å². The van der Waals surface area contributed by atoms with Crippen molar-refractivity contribution in [2.75, 3.05) is 13.7 Å². The van der Waals surface area contributed by atoms with Crippen LogP contribution < -0.4 is 31.2 Å². The van der Waals surface area contributed by atoms with E-state index in [9.17, 15) is 14.4 Å². The first kappa shape index (κ1) is 23.0. The lowest BCUT2D eigenvalue weighted by Crippen LogP contribution is -2.53.